The average molecular weight is 478 g/mol. The Kier molecular flexibility index (Phi) is 8.80. The first-order valence-electron chi connectivity index (χ1n) is 9.88. The zero-order chi connectivity index (χ0) is 24.7. The van der Waals surface area contributed by atoms with Crippen molar-refractivity contribution in [3.05, 3.63) is 51.5 Å². The van der Waals surface area contributed by atoms with Gasteiger partial charge in [0.1, 0.15) is 10.9 Å². The SMILES string of the molecule is CC(=N)c1ccc(OC(=O)c2ccc(CC(C)C(=O)N[C@@H](CCC(=O)O)C(=O)O)s2)c(F)c1. The van der Waals surface area contributed by atoms with E-state index in [2.05, 4.69) is 5.32 Å². The molecule has 0 aliphatic carbocycles. The molecule has 2 rings (SSSR count). The molecule has 1 amide bonds. The fourth-order valence-corrected chi connectivity index (χ4v) is 3.81. The largest absolute Gasteiger partial charge is 0.481 e. The minimum atomic E-state index is -1.33. The summed E-state index contributed by atoms with van der Waals surface area (Å²) in [5.74, 6) is -5.51. The standard InChI is InChI=1S/C22H23FN2O7S/c1-11(20(28)25-16(21(29)30)5-8-19(26)27)9-14-4-7-18(33-14)22(31)32-17-6-3-13(12(2)24)10-15(17)23/h3-4,6-7,10-11,16,24H,5,8-9H2,1-2H3,(H,25,28)(H,26,27)(H,29,30)/t11?,16-/m0/s1. The highest BCUT2D eigenvalue weighted by molar-refractivity contribution is 7.13. The van der Waals surface area contributed by atoms with Gasteiger partial charge in [0.15, 0.2) is 11.6 Å². The lowest BCUT2D eigenvalue weighted by Gasteiger charge is -2.17. The van der Waals surface area contributed by atoms with Gasteiger partial charge in [-0.25, -0.2) is 14.0 Å². The summed E-state index contributed by atoms with van der Waals surface area (Å²) in [5.41, 5.74) is 0.537. The number of nitrogens with one attached hydrogen (secondary N) is 2. The molecule has 11 heteroatoms. The first-order chi connectivity index (χ1) is 15.5. The molecule has 4 N–H and O–H groups in total. The van der Waals surface area contributed by atoms with Crippen LogP contribution < -0.4 is 10.1 Å². The quantitative estimate of drug-likeness (QED) is 0.220. The van der Waals surface area contributed by atoms with Gasteiger partial charge in [-0.05, 0) is 55.7 Å². The third kappa shape index (κ3) is 7.49. The Hall–Kier alpha value is -3.60. The maximum absolute atomic E-state index is 14.1. The predicted molar refractivity (Wildman–Crippen MR) is 117 cm³/mol. The van der Waals surface area contributed by atoms with Crippen LogP contribution in [0, 0.1) is 17.1 Å². The Morgan fingerprint density at radius 1 is 1.18 bits per heavy atom. The van der Waals surface area contributed by atoms with E-state index < -0.39 is 48.0 Å². The lowest BCUT2D eigenvalue weighted by Crippen LogP contribution is -2.43. The number of rotatable bonds is 11. The van der Waals surface area contributed by atoms with Crippen LogP contribution in [0.1, 0.15) is 46.8 Å². The van der Waals surface area contributed by atoms with E-state index in [0.29, 0.717) is 10.4 Å². The molecule has 0 saturated heterocycles. The predicted octanol–water partition coefficient (Wildman–Crippen LogP) is 3.11. The summed E-state index contributed by atoms with van der Waals surface area (Å²) in [5, 5.41) is 27.7. The number of aliphatic carboxylic acids is 2. The highest BCUT2D eigenvalue weighted by atomic mass is 32.1. The van der Waals surface area contributed by atoms with E-state index in [0.717, 1.165) is 17.4 Å². The summed E-state index contributed by atoms with van der Waals surface area (Å²) < 4.78 is 19.2. The minimum Gasteiger partial charge on any atom is -0.481 e. The van der Waals surface area contributed by atoms with Crippen molar-refractivity contribution in [1.29, 1.82) is 5.41 Å². The molecule has 1 aromatic carbocycles. The van der Waals surface area contributed by atoms with Crippen LogP contribution in [0.3, 0.4) is 0 Å². The number of ether oxygens (including phenoxy) is 1. The third-order valence-electron chi connectivity index (χ3n) is 4.65. The first kappa shape index (κ1) is 25.7. The van der Waals surface area contributed by atoms with Gasteiger partial charge >= 0.3 is 17.9 Å². The normalized spacial score (nSPS) is 12.5. The lowest BCUT2D eigenvalue weighted by atomic mass is 10.0. The number of carbonyl (C=O) groups excluding carboxylic acids is 2. The second-order valence-corrected chi connectivity index (χ2v) is 8.53. The van der Waals surface area contributed by atoms with Gasteiger partial charge < -0.3 is 25.7 Å². The van der Waals surface area contributed by atoms with Crippen molar-refractivity contribution in [3.63, 3.8) is 0 Å². The summed E-state index contributed by atoms with van der Waals surface area (Å²) in [6, 6.07) is 5.62. The molecule has 0 aliphatic heterocycles. The second-order valence-electron chi connectivity index (χ2n) is 7.36. The van der Waals surface area contributed by atoms with E-state index in [4.69, 9.17) is 20.4 Å². The molecule has 0 bridgehead atoms. The molecule has 0 fully saturated rings. The Balaban J connectivity index is 1.98. The number of thiophene rings is 1. The smallest absolute Gasteiger partial charge is 0.353 e. The first-order valence-corrected chi connectivity index (χ1v) is 10.7. The number of carboxylic acid groups (broad SMARTS) is 2. The maximum atomic E-state index is 14.1. The molecule has 0 saturated carbocycles. The highest BCUT2D eigenvalue weighted by Gasteiger charge is 2.24. The van der Waals surface area contributed by atoms with Crippen molar-refractivity contribution in [1.82, 2.24) is 5.32 Å². The molecule has 1 aromatic heterocycles. The number of amides is 1. The van der Waals surface area contributed by atoms with Gasteiger partial charge in [0, 0.05) is 22.9 Å². The van der Waals surface area contributed by atoms with Crippen LogP contribution in [0.2, 0.25) is 0 Å². The Bertz CT molecular complexity index is 1080. The Labute approximate surface area is 192 Å². The van der Waals surface area contributed by atoms with E-state index in [1.54, 1.807) is 13.0 Å². The summed E-state index contributed by atoms with van der Waals surface area (Å²) in [6.07, 6.45) is -0.432. The van der Waals surface area contributed by atoms with Crippen LogP contribution in [0.4, 0.5) is 4.39 Å². The molecule has 0 aliphatic rings. The van der Waals surface area contributed by atoms with Crippen LogP contribution in [0.15, 0.2) is 30.3 Å². The second kappa shape index (κ2) is 11.3. The van der Waals surface area contributed by atoms with Crippen molar-refractivity contribution in [2.45, 2.75) is 39.2 Å². The topological polar surface area (TPSA) is 154 Å². The molecule has 9 nitrogen and oxygen atoms in total. The van der Waals surface area contributed by atoms with Gasteiger partial charge in [0.2, 0.25) is 5.91 Å². The number of carboxylic acids is 2. The molecular formula is C22H23FN2O7S. The van der Waals surface area contributed by atoms with Gasteiger partial charge in [0.25, 0.3) is 0 Å². The van der Waals surface area contributed by atoms with Gasteiger partial charge in [-0.2, -0.15) is 0 Å². The molecule has 2 atom stereocenters. The number of esters is 1. The molecule has 2 aromatic rings. The highest BCUT2D eigenvalue weighted by Crippen LogP contribution is 2.24. The lowest BCUT2D eigenvalue weighted by molar-refractivity contribution is -0.143. The van der Waals surface area contributed by atoms with E-state index in [1.165, 1.54) is 25.1 Å². The molecular weight excluding hydrogens is 455 g/mol. The van der Waals surface area contributed by atoms with E-state index in [1.807, 2.05) is 0 Å². The Morgan fingerprint density at radius 3 is 2.45 bits per heavy atom. The molecule has 33 heavy (non-hydrogen) atoms. The van der Waals surface area contributed by atoms with Crippen molar-refractivity contribution in [3.8, 4) is 5.75 Å². The van der Waals surface area contributed by atoms with Gasteiger partial charge in [-0.15, -0.1) is 11.3 Å². The number of carbonyl (C=O) groups is 4. The summed E-state index contributed by atoms with van der Waals surface area (Å²) in [7, 11) is 0. The van der Waals surface area contributed by atoms with E-state index in [9.17, 15) is 23.6 Å². The molecule has 0 spiro atoms. The summed E-state index contributed by atoms with van der Waals surface area (Å²) in [4.78, 5) is 47.4. The number of hydrogen-bond donors (Lipinski definition) is 4. The van der Waals surface area contributed by atoms with Crippen LogP contribution in [0.25, 0.3) is 0 Å². The zero-order valence-electron chi connectivity index (χ0n) is 17.9. The van der Waals surface area contributed by atoms with E-state index >= 15 is 0 Å². The van der Waals surface area contributed by atoms with Crippen molar-refractivity contribution >= 4 is 40.9 Å². The third-order valence-corrected chi connectivity index (χ3v) is 5.73. The van der Waals surface area contributed by atoms with E-state index in [-0.39, 0.29) is 29.2 Å². The number of hydrogen-bond acceptors (Lipinski definition) is 7. The molecule has 1 heterocycles. The summed E-state index contributed by atoms with van der Waals surface area (Å²) >= 11 is 1.05. The van der Waals surface area contributed by atoms with Crippen LogP contribution in [-0.2, 0) is 20.8 Å². The van der Waals surface area contributed by atoms with Crippen LogP contribution in [-0.4, -0.2) is 45.8 Å². The zero-order valence-corrected chi connectivity index (χ0v) is 18.7. The van der Waals surface area contributed by atoms with Crippen molar-refractivity contribution in [2.75, 3.05) is 0 Å². The van der Waals surface area contributed by atoms with Gasteiger partial charge in [-0.1, -0.05) is 6.92 Å². The van der Waals surface area contributed by atoms with Crippen LogP contribution in [0.5, 0.6) is 5.75 Å². The summed E-state index contributed by atoms with van der Waals surface area (Å²) in [6.45, 7) is 3.08. The monoisotopic (exact) mass is 478 g/mol. The minimum absolute atomic E-state index is 0.171. The maximum Gasteiger partial charge on any atom is 0.353 e. The van der Waals surface area contributed by atoms with Gasteiger partial charge in [-0.3, -0.25) is 9.59 Å². The van der Waals surface area contributed by atoms with Crippen molar-refractivity contribution < 1.29 is 38.5 Å². The molecule has 1 unspecified atom stereocenters. The molecule has 0 radical (unpaired) electrons. The number of halogens is 1. The Morgan fingerprint density at radius 2 is 1.88 bits per heavy atom. The van der Waals surface area contributed by atoms with Crippen molar-refractivity contribution in [2.24, 2.45) is 5.92 Å². The van der Waals surface area contributed by atoms with Crippen LogP contribution >= 0.6 is 11.3 Å². The fourth-order valence-electron chi connectivity index (χ4n) is 2.80. The number of benzene rings is 1. The van der Waals surface area contributed by atoms with Gasteiger partial charge in [0.05, 0.1) is 0 Å². The average Bonchev–Trinajstić information content (AvgIpc) is 3.20. The fraction of sp³-hybridized carbons (Fsp3) is 0.318. The molecule has 176 valence electrons.